The van der Waals surface area contributed by atoms with E-state index in [1.54, 1.807) is 36.1 Å². The highest BCUT2D eigenvalue weighted by molar-refractivity contribution is 6.35. The standard InChI is InChI=1S/C18H23Cl2NO3/c1-4-13(3)21(11-10-18(23)24-5-2)17(22)9-7-14-6-8-15(19)12-16(14)20/h6-9,12-13H,4-5,10-11H2,1-3H3/b9-7+. The molecule has 0 aliphatic heterocycles. The molecular formula is C18H23Cl2NO3. The van der Waals surface area contributed by atoms with Gasteiger partial charge in [-0.2, -0.15) is 0 Å². The van der Waals surface area contributed by atoms with E-state index in [1.165, 1.54) is 6.08 Å². The van der Waals surface area contributed by atoms with Crippen LogP contribution in [0.4, 0.5) is 0 Å². The van der Waals surface area contributed by atoms with Crippen LogP contribution in [-0.2, 0) is 14.3 Å². The van der Waals surface area contributed by atoms with Crippen molar-refractivity contribution in [2.45, 2.75) is 39.7 Å². The number of benzene rings is 1. The minimum atomic E-state index is -0.302. The molecule has 4 nitrogen and oxygen atoms in total. The molecule has 0 radical (unpaired) electrons. The third kappa shape index (κ3) is 6.54. The second kappa shape index (κ2) is 10.4. The molecule has 0 spiro atoms. The van der Waals surface area contributed by atoms with Crippen LogP contribution < -0.4 is 0 Å². The number of amides is 1. The normalized spacial score (nSPS) is 12.2. The van der Waals surface area contributed by atoms with Gasteiger partial charge < -0.3 is 9.64 Å². The van der Waals surface area contributed by atoms with Crippen molar-refractivity contribution in [2.75, 3.05) is 13.2 Å². The highest BCUT2D eigenvalue weighted by Gasteiger charge is 2.18. The number of carbonyl (C=O) groups is 2. The van der Waals surface area contributed by atoms with Gasteiger partial charge >= 0.3 is 5.97 Å². The van der Waals surface area contributed by atoms with Gasteiger partial charge in [0.25, 0.3) is 0 Å². The topological polar surface area (TPSA) is 46.6 Å². The Balaban J connectivity index is 2.80. The zero-order valence-electron chi connectivity index (χ0n) is 14.2. The number of carbonyl (C=O) groups excluding carboxylic acids is 2. The molecule has 0 fully saturated rings. The van der Waals surface area contributed by atoms with Gasteiger partial charge in [0, 0.05) is 28.7 Å². The molecule has 1 unspecified atom stereocenters. The molecule has 0 N–H and O–H groups in total. The molecular weight excluding hydrogens is 349 g/mol. The summed E-state index contributed by atoms with van der Waals surface area (Å²) >= 11 is 12.0. The zero-order valence-corrected chi connectivity index (χ0v) is 15.7. The Kier molecular flexibility index (Phi) is 8.87. The van der Waals surface area contributed by atoms with Crippen LogP contribution in [0, 0.1) is 0 Å². The first-order chi connectivity index (χ1) is 11.4. The summed E-state index contributed by atoms with van der Waals surface area (Å²) in [5.74, 6) is -0.469. The van der Waals surface area contributed by atoms with Crippen molar-refractivity contribution in [3.05, 3.63) is 39.9 Å². The van der Waals surface area contributed by atoms with E-state index >= 15 is 0 Å². The van der Waals surface area contributed by atoms with E-state index in [1.807, 2.05) is 13.8 Å². The molecule has 0 saturated heterocycles. The molecule has 0 bridgehead atoms. The van der Waals surface area contributed by atoms with Crippen molar-refractivity contribution in [2.24, 2.45) is 0 Å². The Morgan fingerprint density at radius 2 is 2.00 bits per heavy atom. The number of hydrogen-bond donors (Lipinski definition) is 0. The predicted octanol–water partition coefficient (Wildman–Crippen LogP) is 4.59. The summed E-state index contributed by atoms with van der Waals surface area (Å²) in [6, 6.07) is 5.11. The lowest BCUT2D eigenvalue weighted by Gasteiger charge is -2.27. The largest absolute Gasteiger partial charge is 0.466 e. The van der Waals surface area contributed by atoms with Gasteiger partial charge in [0.15, 0.2) is 0 Å². The molecule has 1 aromatic carbocycles. The number of ether oxygens (including phenoxy) is 1. The van der Waals surface area contributed by atoms with Crippen LogP contribution in [-0.4, -0.2) is 36.0 Å². The van der Waals surface area contributed by atoms with Crippen LogP contribution in [0.3, 0.4) is 0 Å². The average Bonchev–Trinajstić information content (AvgIpc) is 2.54. The highest BCUT2D eigenvalue weighted by Crippen LogP contribution is 2.22. The van der Waals surface area contributed by atoms with Crippen molar-refractivity contribution in [3.8, 4) is 0 Å². The molecule has 0 aliphatic rings. The minimum Gasteiger partial charge on any atom is -0.466 e. The molecule has 6 heteroatoms. The molecule has 0 heterocycles. The number of hydrogen-bond acceptors (Lipinski definition) is 3. The van der Waals surface area contributed by atoms with Gasteiger partial charge in [-0.05, 0) is 44.0 Å². The maximum absolute atomic E-state index is 12.5. The maximum atomic E-state index is 12.5. The first-order valence-electron chi connectivity index (χ1n) is 7.98. The summed E-state index contributed by atoms with van der Waals surface area (Å²) in [5, 5.41) is 1.02. The van der Waals surface area contributed by atoms with E-state index in [4.69, 9.17) is 27.9 Å². The lowest BCUT2D eigenvalue weighted by molar-refractivity contribution is -0.144. The van der Waals surface area contributed by atoms with Gasteiger partial charge in [0.05, 0.1) is 13.0 Å². The second-order valence-electron chi connectivity index (χ2n) is 5.34. The third-order valence-corrected chi connectivity index (χ3v) is 4.20. The molecule has 0 saturated carbocycles. The van der Waals surface area contributed by atoms with Crippen molar-refractivity contribution in [3.63, 3.8) is 0 Å². The van der Waals surface area contributed by atoms with Gasteiger partial charge in [-0.3, -0.25) is 9.59 Å². The lowest BCUT2D eigenvalue weighted by Crippen LogP contribution is -2.38. The molecule has 1 aromatic rings. The van der Waals surface area contributed by atoms with E-state index in [2.05, 4.69) is 0 Å². The third-order valence-electron chi connectivity index (χ3n) is 3.64. The zero-order chi connectivity index (χ0) is 18.1. The molecule has 0 aliphatic carbocycles. The van der Waals surface area contributed by atoms with Gasteiger partial charge in [-0.25, -0.2) is 0 Å². The van der Waals surface area contributed by atoms with Crippen molar-refractivity contribution in [1.82, 2.24) is 4.90 Å². The molecule has 0 aromatic heterocycles. The Morgan fingerprint density at radius 1 is 1.29 bits per heavy atom. The van der Waals surface area contributed by atoms with Gasteiger partial charge in [-0.1, -0.05) is 36.2 Å². The van der Waals surface area contributed by atoms with Crippen LogP contribution >= 0.6 is 23.2 Å². The number of nitrogens with zero attached hydrogens (tertiary/aromatic N) is 1. The first-order valence-corrected chi connectivity index (χ1v) is 8.74. The van der Waals surface area contributed by atoms with E-state index in [-0.39, 0.29) is 24.3 Å². The Hall–Kier alpha value is -1.52. The van der Waals surface area contributed by atoms with Gasteiger partial charge in [-0.15, -0.1) is 0 Å². The summed E-state index contributed by atoms with van der Waals surface area (Å²) in [6.07, 6.45) is 4.09. The lowest BCUT2D eigenvalue weighted by atomic mass is 10.1. The Morgan fingerprint density at radius 3 is 2.58 bits per heavy atom. The second-order valence-corrected chi connectivity index (χ2v) is 6.19. The smallest absolute Gasteiger partial charge is 0.307 e. The maximum Gasteiger partial charge on any atom is 0.307 e. The molecule has 1 atom stereocenters. The summed E-state index contributed by atoms with van der Waals surface area (Å²) in [6.45, 7) is 6.37. The monoisotopic (exact) mass is 371 g/mol. The SMILES string of the molecule is CCOC(=O)CCN(C(=O)/C=C/c1ccc(Cl)cc1Cl)C(C)CC. The average molecular weight is 372 g/mol. The quantitative estimate of drug-likeness (QED) is 0.495. The van der Waals surface area contributed by atoms with Crippen LogP contribution in [0.15, 0.2) is 24.3 Å². The highest BCUT2D eigenvalue weighted by atomic mass is 35.5. The molecule has 132 valence electrons. The van der Waals surface area contributed by atoms with Gasteiger partial charge in [0.2, 0.25) is 5.91 Å². The Labute approximate surface area is 153 Å². The number of halogens is 2. The fraction of sp³-hybridized carbons (Fsp3) is 0.444. The summed E-state index contributed by atoms with van der Waals surface area (Å²) in [5.41, 5.74) is 0.712. The van der Waals surface area contributed by atoms with Crippen LogP contribution in [0.25, 0.3) is 6.08 Å². The molecule has 1 amide bonds. The summed E-state index contributed by atoms with van der Waals surface area (Å²) in [4.78, 5) is 25.7. The first kappa shape index (κ1) is 20.5. The van der Waals surface area contributed by atoms with Crippen molar-refractivity contribution >= 4 is 41.2 Å². The molecule has 1 rings (SSSR count). The summed E-state index contributed by atoms with van der Waals surface area (Å²) < 4.78 is 4.92. The number of esters is 1. The van der Waals surface area contributed by atoms with Crippen LogP contribution in [0.5, 0.6) is 0 Å². The summed E-state index contributed by atoms with van der Waals surface area (Å²) in [7, 11) is 0. The van der Waals surface area contributed by atoms with E-state index in [0.29, 0.717) is 28.8 Å². The predicted molar refractivity (Wildman–Crippen MR) is 98.2 cm³/mol. The van der Waals surface area contributed by atoms with E-state index in [9.17, 15) is 9.59 Å². The minimum absolute atomic E-state index is 0.0252. The van der Waals surface area contributed by atoms with Crippen molar-refractivity contribution in [1.29, 1.82) is 0 Å². The number of rotatable bonds is 8. The fourth-order valence-electron chi connectivity index (χ4n) is 2.11. The van der Waals surface area contributed by atoms with E-state index < -0.39 is 0 Å². The van der Waals surface area contributed by atoms with Crippen LogP contribution in [0.2, 0.25) is 10.0 Å². The van der Waals surface area contributed by atoms with Crippen molar-refractivity contribution < 1.29 is 14.3 Å². The Bertz CT molecular complexity index is 602. The van der Waals surface area contributed by atoms with Gasteiger partial charge in [0.1, 0.15) is 0 Å². The van der Waals surface area contributed by atoms with E-state index in [0.717, 1.165) is 6.42 Å². The van der Waals surface area contributed by atoms with Crippen LogP contribution in [0.1, 0.15) is 39.2 Å². The fourth-order valence-corrected chi connectivity index (χ4v) is 2.58. The molecule has 24 heavy (non-hydrogen) atoms.